The summed E-state index contributed by atoms with van der Waals surface area (Å²) in [5, 5.41) is 5.94. The average molecular weight is 258 g/mol. The molecule has 1 aliphatic carbocycles. The number of fused-ring (bicyclic) bond motifs is 1. The first-order chi connectivity index (χ1) is 8.84. The van der Waals surface area contributed by atoms with Crippen LogP contribution in [0.5, 0.6) is 0 Å². The zero-order valence-electron chi connectivity index (χ0n) is 10.6. The van der Waals surface area contributed by atoms with Gasteiger partial charge in [0.15, 0.2) is 0 Å². The van der Waals surface area contributed by atoms with Crippen LogP contribution >= 0.6 is 11.3 Å². The normalized spacial score (nSPS) is 20.4. The molecule has 1 N–H and O–H groups in total. The van der Waals surface area contributed by atoms with Gasteiger partial charge in [0.2, 0.25) is 0 Å². The fourth-order valence-corrected chi connectivity index (χ4v) is 3.67. The fraction of sp³-hybridized carbons (Fsp3) is 0.400. The van der Waals surface area contributed by atoms with E-state index in [0.29, 0.717) is 12.1 Å². The van der Waals surface area contributed by atoms with E-state index in [1.54, 1.807) is 4.88 Å². The standard InChI is InChI=1S/C15H18N2S/c1-11(13-5-2-3-9-16-13)17-14-6-4-7-15-12(14)8-10-18-15/h2-3,5,8-11,14,17H,4,6-7H2,1H3/t11-,14?/m1/s1. The minimum Gasteiger partial charge on any atom is -0.302 e. The van der Waals surface area contributed by atoms with Crippen molar-refractivity contribution in [3.05, 3.63) is 52.0 Å². The van der Waals surface area contributed by atoms with Gasteiger partial charge in [0.25, 0.3) is 0 Å². The van der Waals surface area contributed by atoms with Crippen LogP contribution in [0.2, 0.25) is 0 Å². The maximum Gasteiger partial charge on any atom is 0.0570 e. The highest BCUT2D eigenvalue weighted by atomic mass is 32.1. The molecule has 0 amide bonds. The quantitative estimate of drug-likeness (QED) is 0.904. The zero-order valence-corrected chi connectivity index (χ0v) is 11.4. The molecule has 0 aromatic carbocycles. The molecule has 2 aromatic heterocycles. The number of nitrogens with one attached hydrogen (secondary N) is 1. The van der Waals surface area contributed by atoms with Crippen LogP contribution < -0.4 is 5.32 Å². The smallest absolute Gasteiger partial charge is 0.0570 e. The number of hydrogen-bond donors (Lipinski definition) is 1. The zero-order chi connectivity index (χ0) is 12.4. The number of thiophene rings is 1. The summed E-state index contributed by atoms with van der Waals surface area (Å²) in [6, 6.07) is 9.20. The molecule has 0 spiro atoms. The highest BCUT2D eigenvalue weighted by Crippen LogP contribution is 2.34. The van der Waals surface area contributed by atoms with Crippen LogP contribution in [0.4, 0.5) is 0 Å². The summed E-state index contributed by atoms with van der Waals surface area (Å²) in [4.78, 5) is 5.99. The fourth-order valence-electron chi connectivity index (χ4n) is 2.68. The molecular weight excluding hydrogens is 240 g/mol. The molecule has 18 heavy (non-hydrogen) atoms. The molecule has 2 nitrogen and oxygen atoms in total. The molecule has 0 fully saturated rings. The summed E-state index contributed by atoms with van der Waals surface area (Å²) in [6.45, 7) is 2.20. The van der Waals surface area contributed by atoms with Gasteiger partial charge < -0.3 is 5.32 Å². The lowest BCUT2D eigenvalue weighted by molar-refractivity contribution is 0.414. The third-order valence-corrected chi connectivity index (χ3v) is 4.63. The lowest BCUT2D eigenvalue weighted by atomic mass is 9.93. The van der Waals surface area contributed by atoms with E-state index < -0.39 is 0 Å². The highest BCUT2D eigenvalue weighted by Gasteiger charge is 2.22. The topological polar surface area (TPSA) is 24.9 Å². The Kier molecular flexibility index (Phi) is 3.43. The molecule has 1 unspecified atom stereocenters. The molecule has 3 heteroatoms. The average Bonchev–Trinajstić information content (AvgIpc) is 2.89. The van der Waals surface area contributed by atoms with E-state index in [4.69, 9.17) is 0 Å². The molecule has 0 saturated carbocycles. The number of pyridine rings is 1. The summed E-state index contributed by atoms with van der Waals surface area (Å²) < 4.78 is 0. The maximum atomic E-state index is 4.43. The highest BCUT2D eigenvalue weighted by molar-refractivity contribution is 7.10. The van der Waals surface area contributed by atoms with Crippen LogP contribution in [-0.4, -0.2) is 4.98 Å². The monoisotopic (exact) mass is 258 g/mol. The van der Waals surface area contributed by atoms with E-state index in [-0.39, 0.29) is 0 Å². The molecule has 0 saturated heterocycles. The predicted octanol–water partition coefficient (Wildman–Crippen LogP) is 3.87. The first-order valence-electron chi connectivity index (χ1n) is 6.58. The van der Waals surface area contributed by atoms with Gasteiger partial charge in [-0.05, 0) is 55.3 Å². The second kappa shape index (κ2) is 5.21. The van der Waals surface area contributed by atoms with Gasteiger partial charge in [-0.15, -0.1) is 11.3 Å². The van der Waals surface area contributed by atoms with Crippen LogP contribution in [0, 0.1) is 0 Å². The van der Waals surface area contributed by atoms with Crippen molar-refractivity contribution in [2.24, 2.45) is 0 Å². The third-order valence-electron chi connectivity index (χ3n) is 3.63. The van der Waals surface area contributed by atoms with Gasteiger partial charge in [0, 0.05) is 23.2 Å². The summed E-state index contributed by atoms with van der Waals surface area (Å²) in [7, 11) is 0. The van der Waals surface area contributed by atoms with Crippen LogP contribution in [0.15, 0.2) is 35.8 Å². The van der Waals surface area contributed by atoms with Crippen LogP contribution in [0.25, 0.3) is 0 Å². The first-order valence-corrected chi connectivity index (χ1v) is 7.46. The summed E-state index contributed by atoms with van der Waals surface area (Å²) in [5.41, 5.74) is 2.63. The molecule has 0 radical (unpaired) electrons. The molecule has 1 aliphatic rings. The summed E-state index contributed by atoms with van der Waals surface area (Å²) in [5.74, 6) is 0. The van der Waals surface area contributed by atoms with Gasteiger partial charge in [-0.1, -0.05) is 6.07 Å². The van der Waals surface area contributed by atoms with Crippen molar-refractivity contribution in [3.8, 4) is 0 Å². The summed E-state index contributed by atoms with van der Waals surface area (Å²) >= 11 is 1.90. The molecule has 2 aromatic rings. The molecule has 0 aliphatic heterocycles. The van der Waals surface area contributed by atoms with E-state index in [1.165, 1.54) is 24.8 Å². The summed E-state index contributed by atoms with van der Waals surface area (Å²) in [6.07, 6.45) is 5.65. The van der Waals surface area contributed by atoms with E-state index in [0.717, 1.165) is 5.69 Å². The van der Waals surface area contributed by atoms with Crippen molar-refractivity contribution >= 4 is 11.3 Å². The minimum atomic E-state index is 0.307. The Morgan fingerprint density at radius 1 is 1.39 bits per heavy atom. The van der Waals surface area contributed by atoms with Crippen LogP contribution in [0.1, 0.15) is 48.0 Å². The molecule has 2 atom stereocenters. The van der Waals surface area contributed by atoms with Crippen LogP contribution in [-0.2, 0) is 6.42 Å². The molecule has 3 rings (SSSR count). The van der Waals surface area contributed by atoms with Gasteiger partial charge in [-0.3, -0.25) is 4.98 Å². The van der Waals surface area contributed by atoms with Gasteiger partial charge in [-0.2, -0.15) is 0 Å². The Morgan fingerprint density at radius 3 is 3.17 bits per heavy atom. The third kappa shape index (κ3) is 2.33. The Labute approximate surface area is 112 Å². The largest absolute Gasteiger partial charge is 0.302 e. The molecule has 0 bridgehead atoms. The maximum absolute atomic E-state index is 4.43. The Morgan fingerprint density at radius 2 is 2.33 bits per heavy atom. The second-order valence-corrected chi connectivity index (χ2v) is 5.89. The van der Waals surface area contributed by atoms with Gasteiger partial charge in [0.05, 0.1) is 5.69 Å². The number of aryl methyl sites for hydroxylation is 1. The van der Waals surface area contributed by atoms with Gasteiger partial charge in [-0.25, -0.2) is 0 Å². The van der Waals surface area contributed by atoms with Gasteiger partial charge >= 0.3 is 0 Å². The molecule has 94 valence electrons. The van der Waals surface area contributed by atoms with E-state index in [1.807, 2.05) is 23.6 Å². The Balaban J connectivity index is 1.75. The van der Waals surface area contributed by atoms with Crippen molar-refractivity contribution in [2.75, 3.05) is 0 Å². The number of aromatic nitrogens is 1. The molecular formula is C15H18N2S. The van der Waals surface area contributed by atoms with Gasteiger partial charge in [0.1, 0.15) is 0 Å². The SMILES string of the molecule is C[C@@H](NC1CCCc2sccc21)c1ccccn1. The predicted molar refractivity (Wildman–Crippen MR) is 75.8 cm³/mol. The van der Waals surface area contributed by atoms with Crippen molar-refractivity contribution in [3.63, 3.8) is 0 Å². The van der Waals surface area contributed by atoms with E-state index in [9.17, 15) is 0 Å². The number of rotatable bonds is 3. The van der Waals surface area contributed by atoms with Crippen molar-refractivity contribution in [1.82, 2.24) is 10.3 Å². The molecule has 2 heterocycles. The van der Waals surface area contributed by atoms with Crippen molar-refractivity contribution in [1.29, 1.82) is 0 Å². The van der Waals surface area contributed by atoms with E-state index in [2.05, 4.69) is 40.8 Å². The van der Waals surface area contributed by atoms with Crippen LogP contribution in [0.3, 0.4) is 0 Å². The van der Waals surface area contributed by atoms with E-state index >= 15 is 0 Å². The number of hydrogen-bond acceptors (Lipinski definition) is 3. The lowest BCUT2D eigenvalue weighted by Gasteiger charge is -2.27. The minimum absolute atomic E-state index is 0.307. The Bertz CT molecular complexity index is 506. The lowest BCUT2D eigenvalue weighted by Crippen LogP contribution is -2.27. The number of nitrogens with zero attached hydrogens (tertiary/aromatic N) is 1. The van der Waals surface area contributed by atoms with Crippen molar-refractivity contribution < 1.29 is 0 Å². The van der Waals surface area contributed by atoms with Crippen molar-refractivity contribution in [2.45, 2.75) is 38.3 Å². The Hall–Kier alpha value is -1.19. The first kappa shape index (κ1) is 11.9. The second-order valence-electron chi connectivity index (χ2n) is 4.89.